The van der Waals surface area contributed by atoms with Crippen molar-refractivity contribution in [1.29, 1.82) is 0 Å². The number of piperazine rings is 1. The molecule has 0 unspecified atom stereocenters. The van der Waals surface area contributed by atoms with E-state index in [-0.39, 0.29) is 5.82 Å². The molecule has 1 aromatic carbocycles. The molecule has 1 aromatic rings. The molecule has 0 N–H and O–H groups in total. The summed E-state index contributed by atoms with van der Waals surface area (Å²) in [7, 11) is 1.54. The van der Waals surface area contributed by atoms with Gasteiger partial charge in [0.2, 0.25) is 0 Å². The zero-order chi connectivity index (χ0) is 16.8. The Balaban J connectivity index is 1.43. The van der Waals surface area contributed by atoms with E-state index in [1.54, 1.807) is 13.2 Å². The van der Waals surface area contributed by atoms with E-state index in [1.165, 1.54) is 57.9 Å². The topological polar surface area (TPSA) is 19.0 Å². The Morgan fingerprint density at radius 2 is 1.58 bits per heavy atom. The van der Waals surface area contributed by atoms with E-state index in [1.807, 2.05) is 6.07 Å². The minimum Gasteiger partial charge on any atom is -0.492 e. The van der Waals surface area contributed by atoms with Crippen molar-refractivity contribution in [2.45, 2.75) is 25.7 Å². The van der Waals surface area contributed by atoms with E-state index in [9.17, 15) is 4.39 Å². The number of halogens is 1. The van der Waals surface area contributed by atoms with Crippen LogP contribution in [0.2, 0.25) is 0 Å². The van der Waals surface area contributed by atoms with Gasteiger partial charge in [0, 0.05) is 26.2 Å². The van der Waals surface area contributed by atoms with Crippen LogP contribution in [-0.4, -0.2) is 69.3 Å². The average molecular weight is 335 g/mol. The number of benzene rings is 1. The van der Waals surface area contributed by atoms with Crippen molar-refractivity contribution in [2.24, 2.45) is 0 Å². The Morgan fingerprint density at radius 1 is 0.917 bits per heavy atom. The van der Waals surface area contributed by atoms with Crippen LogP contribution in [0, 0.1) is 5.82 Å². The number of hydrogen-bond acceptors (Lipinski definition) is 4. The predicted molar refractivity (Wildman–Crippen MR) is 96.5 cm³/mol. The van der Waals surface area contributed by atoms with Gasteiger partial charge in [-0.2, -0.15) is 0 Å². The Kier molecular flexibility index (Phi) is 6.32. The molecule has 0 saturated carbocycles. The first-order chi connectivity index (χ1) is 11.8. The van der Waals surface area contributed by atoms with Crippen molar-refractivity contribution >= 4 is 5.69 Å². The molecular weight excluding hydrogens is 305 g/mol. The van der Waals surface area contributed by atoms with Crippen LogP contribution in [0.3, 0.4) is 0 Å². The summed E-state index contributed by atoms with van der Waals surface area (Å²) < 4.78 is 19.1. The van der Waals surface area contributed by atoms with Crippen molar-refractivity contribution in [1.82, 2.24) is 9.80 Å². The van der Waals surface area contributed by atoms with Gasteiger partial charge in [0.15, 0.2) is 11.6 Å². The normalized spacial score (nSPS) is 20.3. The molecule has 2 saturated heterocycles. The summed E-state index contributed by atoms with van der Waals surface area (Å²) in [6.45, 7) is 8.93. The highest BCUT2D eigenvalue weighted by Crippen LogP contribution is 2.31. The van der Waals surface area contributed by atoms with Gasteiger partial charge in [0.25, 0.3) is 0 Å². The summed E-state index contributed by atoms with van der Waals surface area (Å²) in [6.07, 6.45) is 5.40. The quantitative estimate of drug-likeness (QED) is 0.796. The molecular formula is C19H30FN3O. The molecule has 0 radical (unpaired) electrons. The summed E-state index contributed by atoms with van der Waals surface area (Å²) in [5.41, 5.74) is 0.880. The van der Waals surface area contributed by atoms with Crippen LogP contribution in [0.25, 0.3) is 0 Å². The van der Waals surface area contributed by atoms with E-state index in [0.717, 1.165) is 31.9 Å². The maximum atomic E-state index is 13.9. The van der Waals surface area contributed by atoms with Gasteiger partial charge in [-0.1, -0.05) is 12.5 Å². The maximum Gasteiger partial charge on any atom is 0.177 e. The Bertz CT molecular complexity index is 511. The highest BCUT2D eigenvalue weighted by Gasteiger charge is 2.21. The molecule has 5 heteroatoms. The van der Waals surface area contributed by atoms with Gasteiger partial charge in [-0.3, -0.25) is 4.90 Å². The van der Waals surface area contributed by atoms with E-state index >= 15 is 0 Å². The maximum absolute atomic E-state index is 13.9. The van der Waals surface area contributed by atoms with Gasteiger partial charge in [0.1, 0.15) is 0 Å². The zero-order valence-corrected chi connectivity index (χ0v) is 14.8. The first-order valence-corrected chi connectivity index (χ1v) is 9.30. The average Bonchev–Trinajstić information content (AvgIpc) is 2.63. The fraction of sp³-hybridized carbons (Fsp3) is 0.684. The lowest BCUT2D eigenvalue weighted by Crippen LogP contribution is -2.47. The minimum absolute atomic E-state index is 0.279. The highest BCUT2D eigenvalue weighted by molar-refractivity contribution is 5.59. The molecule has 4 nitrogen and oxygen atoms in total. The van der Waals surface area contributed by atoms with Crippen molar-refractivity contribution in [3.8, 4) is 5.75 Å². The van der Waals surface area contributed by atoms with Gasteiger partial charge >= 0.3 is 0 Å². The van der Waals surface area contributed by atoms with Gasteiger partial charge in [-0.05, 0) is 57.6 Å². The monoisotopic (exact) mass is 335 g/mol. The number of ether oxygens (including phenoxy) is 1. The molecule has 0 spiro atoms. The third-order valence-corrected chi connectivity index (χ3v) is 5.26. The van der Waals surface area contributed by atoms with Crippen LogP contribution in [0.5, 0.6) is 5.75 Å². The van der Waals surface area contributed by atoms with E-state index in [0.29, 0.717) is 5.75 Å². The summed E-state index contributed by atoms with van der Waals surface area (Å²) in [5, 5.41) is 0. The molecule has 0 bridgehead atoms. The lowest BCUT2D eigenvalue weighted by molar-refractivity contribution is 0.198. The van der Waals surface area contributed by atoms with Crippen molar-refractivity contribution in [3.05, 3.63) is 24.0 Å². The first-order valence-electron chi connectivity index (χ1n) is 9.30. The van der Waals surface area contributed by atoms with Crippen molar-refractivity contribution in [3.63, 3.8) is 0 Å². The predicted octanol–water partition coefficient (Wildman–Crippen LogP) is 2.83. The van der Waals surface area contributed by atoms with E-state index in [4.69, 9.17) is 4.74 Å². The Hall–Kier alpha value is -1.33. The summed E-state index contributed by atoms with van der Waals surface area (Å²) in [5.74, 6) is 0.0926. The van der Waals surface area contributed by atoms with Crippen LogP contribution < -0.4 is 9.64 Å². The smallest absolute Gasteiger partial charge is 0.177 e. The Morgan fingerprint density at radius 3 is 2.25 bits per heavy atom. The van der Waals surface area contributed by atoms with Crippen LogP contribution in [0.4, 0.5) is 10.1 Å². The Labute approximate surface area is 145 Å². The fourth-order valence-corrected chi connectivity index (χ4v) is 3.86. The van der Waals surface area contributed by atoms with E-state index in [2.05, 4.69) is 14.7 Å². The number of nitrogens with zero attached hydrogens (tertiary/aromatic N) is 3. The molecule has 2 fully saturated rings. The second-order valence-corrected chi connectivity index (χ2v) is 6.88. The van der Waals surface area contributed by atoms with Gasteiger partial charge in [-0.25, -0.2) is 4.39 Å². The summed E-state index contributed by atoms with van der Waals surface area (Å²) >= 11 is 0. The molecule has 0 aromatic heterocycles. The standard InChI is InChI=1S/C19H30FN3O/c1-24-19-17(20)7-5-8-18(19)23-15-13-22(14-16-23)12-6-11-21-9-3-2-4-10-21/h5,7-8H,2-4,6,9-16H2,1H3. The summed E-state index contributed by atoms with van der Waals surface area (Å²) in [6, 6.07) is 5.17. The summed E-state index contributed by atoms with van der Waals surface area (Å²) in [4.78, 5) is 7.38. The molecule has 2 aliphatic rings. The molecule has 24 heavy (non-hydrogen) atoms. The number of methoxy groups -OCH3 is 1. The zero-order valence-electron chi connectivity index (χ0n) is 14.8. The molecule has 0 aliphatic carbocycles. The number of anilines is 1. The highest BCUT2D eigenvalue weighted by atomic mass is 19.1. The van der Waals surface area contributed by atoms with Crippen LogP contribution in [-0.2, 0) is 0 Å². The number of rotatable bonds is 6. The minimum atomic E-state index is -0.279. The molecule has 0 atom stereocenters. The van der Waals surface area contributed by atoms with Crippen LogP contribution in [0.15, 0.2) is 18.2 Å². The van der Waals surface area contributed by atoms with Crippen LogP contribution in [0.1, 0.15) is 25.7 Å². The second-order valence-electron chi connectivity index (χ2n) is 6.88. The molecule has 2 aliphatic heterocycles. The van der Waals surface area contributed by atoms with Gasteiger partial charge < -0.3 is 14.5 Å². The van der Waals surface area contributed by atoms with Gasteiger partial charge in [-0.15, -0.1) is 0 Å². The molecule has 3 rings (SSSR count). The molecule has 0 amide bonds. The fourth-order valence-electron chi connectivity index (χ4n) is 3.86. The number of hydrogen-bond donors (Lipinski definition) is 0. The lowest BCUT2D eigenvalue weighted by Gasteiger charge is -2.37. The van der Waals surface area contributed by atoms with Crippen molar-refractivity contribution in [2.75, 3.05) is 64.4 Å². The lowest BCUT2D eigenvalue weighted by atomic mass is 10.1. The SMILES string of the molecule is COc1c(F)cccc1N1CCN(CCCN2CCCCC2)CC1. The third-order valence-electron chi connectivity index (χ3n) is 5.26. The van der Waals surface area contributed by atoms with Crippen molar-refractivity contribution < 1.29 is 9.13 Å². The second kappa shape index (κ2) is 8.67. The number of para-hydroxylation sites is 1. The van der Waals surface area contributed by atoms with Gasteiger partial charge in [0.05, 0.1) is 12.8 Å². The third kappa shape index (κ3) is 4.39. The first kappa shape index (κ1) is 17.5. The van der Waals surface area contributed by atoms with Crippen LogP contribution >= 0.6 is 0 Å². The molecule has 2 heterocycles. The molecule has 134 valence electrons. The van der Waals surface area contributed by atoms with E-state index < -0.39 is 0 Å². The largest absolute Gasteiger partial charge is 0.492 e. The number of likely N-dealkylation sites (tertiary alicyclic amines) is 1. The number of piperidine rings is 1.